The molecule has 0 saturated carbocycles. The molecule has 1 aromatic carbocycles. The van der Waals surface area contributed by atoms with Gasteiger partial charge in [0.05, 0.1) is 10.5 Å². The summed E-state index contributed by atoms with van der Waals surface area (Å²) in [6.07, 6.45) is 3.48. The molecule has 1 aromatic heterocycles. The molecule has 0 saturated heterocycles. The van der Waals surface area contributed by atoms with E-state index in [4.69, 9.17) is 5.11 Å². The van der Waals surface area contributed by atoms with Crippen molar-refractivity contribution in [3.63, 3.8) is 0 Å². The Kier molecular flexibility index (Phi) is 4.94. The molecule has 0 amide bonds. The van der Waals surface area contributed by atoms with E-state index in [-0.39, 0.29) is 22.9 Å². The number of hydrogen-bond donors (Lipinski definition) is 2. The van der Waals surface area contributed by atoms with Gasteiger partial charge in [-0.15, -0.1) is 0 Å². The van der Waals surface area contributed by atoms with Crippen molar-refractivity contribution in [1.29, 1.82) is 0 Å². The van der Waals surface area contributed by atoms with Crippen LogP contribution < -0.4 is 4.72 Å². The smallest absolute Gasteiger partial charge is 0.335 e. The monoisotopic (exact) mass is 323 g/mol. The van der Waals surface area contributed by atoms with E-state index >= 15 is 0 Å². The van der Waals surface area contributed by atoms with Crippen LogP contribution >= 0.6 is 0 Å². The van der Waals surface area contributed by atoms with Crippen molar-refractivity contribution in [3.8, 4) is 0 Å². The molecule has 2 N–H and O–H groups in total. The summed E-state index contributed by atoms with van der Waals surface area (Å²) >= 11 is 0. The Morgan fingerprint density at radius 1 is 1.36 bits per heavy atom. The van der Waals surface area contributed by atoms with Gasteiger partial charge < -0.3 is 5.11 Å². The Hall–Kier alpha value is -2.19. The van der Waals surface area contributed by atoms with Gasteiger partial charge in [-0.3, -0.25) is 4.68 Å². The molecule has 0 fully saturated rings. The highest BCUT2D eigenvalue weighted by molar-refractivity contribution is 7.89. The highest BCUT2D eigenvalue weighted by atomic mass is 32.2. The maximum Gasteiger partial charge on any atom is 0.335 e. The Bertz CT molecular complexity index is 724. The highest BCUT2D eigenvalue weighted by Gasteiger charge is 2.16. The minimum absolute atomic E-state index is 0.0452. The normalized spacial score (nSPS) is 13.0. The molecule has 1 atom stereocenters. The highest BCUT2D eigenvalue weighted by Crippen LogP contribution is 2.11. The minimum Gasteiger partial charge on any atom is -0.478 e. The average Bonchev–Trinajstić information content (AvgIpc) is 2.98. The largest absolute Gasteiger partial charge is 0.478 e. The number of nitrogens with zero attached hydrogens (tertiary/aromatic N) is 2. The fourth-order valence-corrected chi connectivity index (χ4v) is 3.07. The zero-order chi connectivity index (χ0) is 16.2. The summed E-state index contributed by atoms with van der Waals surface area (Å²) in [5.41, 5.74) is 0.0472. The molecule has 0 aliphatic carbocycles. The molecule has 0 spiro atoms. The molecular formula is C14H17N3O4S. The van der Waals surface area contributed by atoms with Crippen molar-refractivity contribution in [2.75, 3.05) is 6.54 Å². The third-order valence-electron chi connectivity index (χ3n) is 3.09. The third kappa shape index (κ3) is 4.15. The molecule has 0 bridgehead atoms. The zero-order valence-electron chi connectivity index (χ0n) is 12.0. The second-order valence-corrected chi connectivity index (χ2v) is 6.78. The Balaban J connectivity index is 1.97. The lowest BCUT2D eigenvalue weighted by Gasteiger charge is -2.13. The first-order valence-electron chi connectivity index (χ1n) is 6.69. The second-order valence-electron chi connectivity index (χ2n) is 5.01. The van der Waals surface area contributed by atoms with Gasteiger partial charge in [0.1, 0.15) is 0 Å². The van der Waals surface area contributed by atoms with Gasteiger partial charge in [-0.05, 0) is 36.2 Å². The van der Waals surface area contributed by atoms with Crippen LogP contribution in [0.1, 0.15) is 17.3 Å². The number of rotatable bonds is 7. The van der Waals surface area contributed by atoms with Gasteiger partial charge in [0, 0.05) is 25.5 Å². The SMILES string of the molecule is CC(CNS(=O)(=O)c1ccc(C(=O)O)cc1)Cn1cccn1. The van der Waals surface area contributed by atoms with Gasteiger partial charge in [-0.2, -0.15) is 5.10 Å². The summed E-state index contributed by atoms with van der Waals surface area (Å²) in [7, 11) is -3.65. The summed E-state index contributed by atoms with van der Waals surface area (Å²) in [5, 5.41) is 12.9. The maximum atomic E-state index is 12.1. The summed E-state index contributed by atoms with van der Waals surface area (Å²) in [5.74, 6) is -1.03. The molecule has 22 heavy (non-hydrogen) atoms. The molecule has 0 aliphatic rings. The lowest BCUT2D eigenvalue weighted by Crippen LogP contribution is -2.30. The summed E-state index contributed by atoms with van der Waals surface area (Å²) in [4.78, 5) is 10.8. The standard InChI is InChI=1S/C14H17N3O4S/c1-11(10-17-8-2-7-15-17)9-16-22(20,21)13-5-3-12(4-6-13)14(18)19/h2-8,11,16H,9-10H2,1H3,(H,18,19). The van der Waals surface area contributed by atoms with Crippen molar-refractivity contribution in [3.05, 3.63) is 48.3 Å². The van der Waals surface area contributed by atoms with Crippen molar-refractivity contribution >= 4 is 16.0 Å². The molecule has 0 radical (unpaired) electrons. The number of aromatic carboxylic acids is 1. The lowest BCUT2D eigenvalue weighted by atomic mass is 10.2. The lowest BCUT2D eigenvalue weighted by molar-refractivity contribution is 0.0696. The van der Waals surface area contributed by atoms with E-state index in [0.717, 1.165) is 0 Å². The van der Waals surface area contributed by atoms with E-state index in [1.54, 1.807) is 16.9 Å². The number of hydrogen-bond acceptors (Lipinski definition) is 4. The third-order valence-corrected chi connectivity index (χ3v) is 4.53. The van der Waals surface area contributed by atoms with Gasteiger partial charge in [-0.25, -0.2) is 17.9 Å². The number of nitrogens with one attached hydrogen (secondary N) is 1. The van der Waals surface area contributed by atoms with Gasteiger partial charge in [0.15, 0.2) is 0 Å². The fraction of sp³-hybridized carbons (Fsp3) is 0.286. The number of benzene rings is 1. The number of carboxylic acids is 1. The van der Waals surface area contributed by atoms with Crippen LogP contribution in [0.3, 0.4) is 0 Å². The number of carbonyl (C=O) groups is 1. The quantitative estimate of drug-likeness (QED) is 0.797. The van der Waals surface area contributed by atoms with Crippen LogP contribution in [0.25, 0.3) is 0 Å². The Morgan fingerprint density at radius 2 is 2.05 bits per heavy atom. The Labute approximate surface area is 128 Å². The minimum atomic E-state index is -3.65. The van der Waals surface area contributed by atoms with E-state index in [9.17, 15) is 13.2 Å². The van der Waals surface area contributed by atoms with E-state index in [0.29, 0.717) is 6.54 Å². The van der Waals surface area contributed by atoms with Gasteiger partial charge in [0.2, 0.25) is 10.0 Å². The van der Waals surface area contributed by atoms with Crippen LogP contribution in [-0.2, 0) is 16.6 Å². The average molecular weight is 323 g/mol. The number of sulfonamides is 1. The van der Waals surface area contributed by atoms with Crippen LogP contribution in [0.4, 0.5) is 0 Å². The van der Waals surface area contributed by atoms with E-state index in [1.807, 2.05) is 13.1 Å². The molecule has 7 nitrogen and oxygen atoms in total. The number of carboxylic acid groups (broad SMARTS) is 1. The van der Waals surface area contributed by atoms with Crippen molar-refractivity contribution in [2.24, 2.45) is 5.92 Å². The first-order valence-corrected chi connectivity index (χ1v) is 8.17. The van der Waals surface area contributed by atoms with Crippen LogP contribution in [0, 0.1) is 5.92 Å². The van der Waals surface area contributed by atoms with Crippen LogP contribution in [0.15, 0.2) is 47.6 Å². The van der Waals surface area contributed by atoms with Crippen LogP contribution in [-0.4, -0.2) is 35.8 Å². The molecule has 2 rings (SSSR count). The summed E-state index contributed by atoms with van der Waals surface area (Å²) in [6.45, 7) is 2.79. The zero-order valence-corrected chi connectivity index (χ0v) is 12.8. The molecule has 2 aromatic rings. The first-order chi connectivity index (χ1) is 10.4. The molecule has 118 valence electrons. The van der Waals surface area contributed by atoms with Crippen LogP contribution in [0.2, 0.25) is 0 Å². The molecular weight excluding hydrogens is 306 g/mol. The van der Waals surface area contributed by atoms with Gasteiger partial charge in [0.25, 0.3) is 0 Å². The van der Waals surface area contributed by atoms with Crippen LogP contribution in [0.5, 0.6) is 0 Å². The predicted molar refractivity (Wildman–Crippen MR) is 80.0 cm³/mol. The topological polar surface area (TPSA) is 101 Å². The molecule has 1 unspecified atom stereocenters. The van der Waals surface area contributed by atoms with Gasteiger partial charge in [-0.1, -0.05) is 6.92 Å². The predicted octanol–water partition coefficient (Wildman–Crippen LogP) is 1.20. The summed E-state index contributed by atoms with van der Waals surface area (Å²) in [6, 6.07) is 6.91. The van der Waals surface area contributed by atoms with Crippen molar-refractivity contribution in [1.82, 2.24) is 14.5 Å². The second kappa shape index (κ2) is 6.71. The van der Waals surface area contributed by atoms with Gasteiger partial charge >= 0.3 is 5.97 Å². The molecule has 1 heterocycles. The molecule has 0 aliphatic heterocycles. The molecule has 8 heteroatoms. The van der Waals surface area contributed by atoms with E-state index < -0.39 is 16.0 Å². The van der Waals surface area contributed by atoms with E-state index in [2.05, 4.69) is 9.82 Å². The van der Waals surface area contributed by atoms with Crippen molar-refractivity contribution in [2.45, 2.75) is 18.4 Å². The fourth-order valence-electron chi connectivity index (χ4n) is 1.90. The first kappa shape index (κ1) is 16.2. The van der Waals surface area contributed by atoms with E-state index in [1.165, 1.54) is 24.3 Å². The maximum absolute atomic E-state index is 12.1. The summed E-state index contributed by atoms with van der Waals surface area (Å²) < 4.78 is 28.5. The number of aromatic nitrogens is 2. The Morgan fingerprint density at radius 3 is 2.59 bits per heavy atom. The van der Waals surface area contributed by atoms with Crippen molar-refractivity contribution < 1.29 is 18.3 Å².